The van der Waals surface area contributed by atoms with Gasteiger partial charge >= 0.3 is 5.97 Å². The van der Waals surface area contributed by atoms with E-state index in [4.69, 9.17) is 0 Å². The molecule has 4 rings (SSSR count). The summed E-state index contributed by atoms with van der Waals surface area (Å²) in [5.74, 6) is -1.08. The number of nitrogens with zero attached hydrogens (tertiary/aromatic N) is 4. The molecule has 4 aromatic rings. The van der Waals surface area contributed by atoms with Crippen molar-refractivity contribution >= 4 is 5.97 Å². The van der Waals surface area contributed by atoms with Crippen LogP contribution in [-0.2, 0) is 0 Å². The maximum atomic E-state index is 11.4. The average molecular weight is 342 g/mol. The number of carboxylic acid groups (broad SMARTS) is 1. The fourth-order valence-corrected chi connectivity index (χ4v) is 2.84. The standard InChI is InChI=1S/C20H14N4O2/c25-20(26)19-13-22-23-24(19)15-9-10-16(14-6-2-1-3-7-14)17(12-15)18-8-4-5-11-21-18/h1-13H,(H,25,26). The Morgan fingerprint density at radius 3 is 2.46 bits per heavy atom. The van der Waals surface area contributed by atoms with Gasteiger partial charge in [-0.15, -0.1) is 5.10 Å². The molecule has 126 valence electrons. The fraction of sp³-hybridized carbons (Fsp3) is 0. The number of carboxylic acids is 1. The van der Waals surface area contributed by atoms with E-state index in [9.17, 15) is 9.90 Å². The van der Waals surface area contributed by atoms with Crippen molar-refractivity contribution in [3.05, 3.63) is 84.8 Å². The molecule has 0 aliphatic carbocycles. The third-order valence-electron chi connectivity index (χ3n) is 4.04. The van der Waals surface area contributed by atoms with E-state index in [1.807, 2.05) is 66.7 Å². The van der Waals surface area contributed by atoms with Gasteiger partial charge in [0.05, 0.1) is 17.6 Å². The maximum absolute atomic E-state index is 11.4. The maximum Gasteiger partial charge on any atom is 0.356 e. The lowest BCUT2D eigenvalue weighted by Gasteiger charge is -2.12. The zero-order valence-corrected chi connectivity index (χ0v) is 13.6. The van der Waals surface area contributed by atoms with Crippen molar-refractivity contribution < 1.29 is 9.90 Å². The lowest BCUT2D eigenvalue weighted by molar-refractivity contribution is 0.0687. The molecule has 0 spiro atoms. The predicted octanol–water partition coefficient (Wildman–Crippen LogP) is 3.69. The van der Waals surface area contributed by atoms with E-state index in [-0.39, 0.29) is 5.69 Å². The van der Waals surface area contributed by atoms with Crippen molar-refractivity contribution in [1.29, 1.82) is 0 Å². The van der Waals surface area contributed by atoms with Crippen LogP contribution in [0.2, 0.25) is 0 Å². The SMILES string of the molecule is O=C(O)c1cnnn1-c1ccc(-c2ccccc2)c(-c2ccccn2)c1. The third-order valence-corrected chi connectivity index (χ3v) is 4.04. The van der Waals surface area contributed by atoms with Gasteiger partial charge in [-0.05, 0) is 35.4 Å². The van der Waals surface area contributed by atoms with Crippen molar-refractivity contribution in [3.63, 3.8) is 0 Å². The third kappa shape index (κ3) is 2.84. The molecule has 0 amide bonds. The highest BCUT2D eigenvalue weighted by Crippen LogP contribution is 2.32. The molecular weight excluding hydrogens is 328 g/mol. The minimum absolute atomic E-state index is 0.00410. The highest BCUT2D eigenvalue weighted by molar-refractivity contribution is 5.87. The van der Waals surface area contributed by atoms with Crippen molar-refractivity contribution in [1.82, 2.24) is 20.0 Å². The number of hydrogen-bond acceptors (Lipinski definition) is 4. The molecule has 0 aliphatic rings. The van der Waals surface area contributed by atoms with E-state index >= 15 is 0 Å². The van der Waals surface area contributed by atoms with Gasteiger partial charge < -0.3 is 5.11 Å². The molecular formula is C20H14N4O2. The summed E-state index contributed by atoms with van der Waals surface area (Å²) < 4.78 is 1.31. The van der Waals surface area contributed by atoms with Crippen molar-refractivity contribution in [2.45, 2.75) is 0 Å². The van der Waals surface area contributed by atoms with Crippen LogP contribution >= 0.6 is 0 Å². The highest BCUT2D eigenvalue weighted by atomic mass is 16.4. The second-order valence-electron chi connectivity index (χ2n) is 5.65. The monoisotopic (exact) mass is 342 g/mol. The molecule has 0 unspecified atom stereocenters. The number of aromatic nitrogens is 4. The van der Waals surface area contributed by atoms with Crippen LogP contribution in [0.25, 0.3) is 28.1 Å². The van der Waals surface area contributed by atoms with Crippen molar-refractivity contribution in [2.75, 3.05) is 0 Å². The molecule has 2 aromatic heterocycles. The Morgan fingerprint density at radius 1 is 0.923 bits per heavy atom. The average Bonchev–Trinajstić information content (AvgIpc) is 3.19. The first kappa shape index (κ1) is 15.7. The molecule has 2 heterocycles. The van der Waals surface area contributed by atoms with Gasteiger partial charge in [-0.25, -0.2) is 9.48 Å². The lowest BCUT2D eigenvalue weighted by atomic mass is 9.96. The summed E-state index contributed by atoms with van der Waals surface area (Å²) in [4.78, 5) is 15.8. The molecule has 26 heavy (non-hydrogen) atoms. The first-order valence-corrected chi connectivity index (χ1v) is 7.99. The first-order chi connectivity index (χ1) is 12.7. The van der Waals surface area contributed by atoms with Gasteiger partial charge in [0.2, 0.25) is 0 Å². The molecule has 0 saturated carbocycles. The molecule has 1 N–H and O–H groups in total. The van der Waals surface area contributed by atoms with E-state index in [1.165, 1.54) is 10.9 Å². The smallest absolute Gasteiger partial charge is 0.356 e. The fourth-order valence-electron chi connectivity index (χ4n) is 2.84. The Bertz CT molecular complexity index is 1060. The molecule has 0 fully saturated rings. The topological polar surface area (TPSA) is 80.9 Å². The van der Waals surface area contributed by atoms with Gasteiger partial charge in [0.1, 0.15) is 0 Å². The van der Waals surface area contributed by atoms with Gasteiger partial charge in [-0.3, -0.25) is 4.98 Å². The van der Waals surface area contributed by atoms with Gasteiger partial charge in [0.25, 0.3) is 0 Å². The minimum atomic E-state index is -1.08. The van der Waals surface area contributed by atoms with Crippen molar-refractivity contribution in [2.24, 2.45) is 0 Å². The Balaban J connectivity index is 1.93. The van der Waals surface area contributed by atoms with Crippen LogP contribution in [0.5, 0.6) is 0 Å². The minimum Gasteiger partial charge on any atom is -0.476 e. The van der Waals surface area contributed by atoms with E-state index < -0.39 is 5.97 Å². The Hall–Kier alpha value is -3.80. The van der Waals surface area contributed by atoms with E-state index in [1.54, 1.807) is 6.20 Å². The lowest BCUT2D eigenvalue weighted by Crippen LogP contribution is -2.08. The van der Waals surface area contributed by atoms with Crippen LogP contribution in [-0.4, -0.2) is 31.1 Å². The normalized spacial score (nSPS) is 10.6. The van der Waals surface area contributed by atoms with E-state index in [0.717, 1.165) is 22.4 Å². The molecule has 0 saturated heterocycles. The van der Waals surface area contributed by atoms with Gasteiger partial charge in [0, 0.05) is 11.8 Å². The highest BCUT2D eigenvalue weighted by Gasteiger charge is 2.16. The first-order valence-electron chi connectivity index (χ1n) is 7.99. The zero-order chi connectivity index (χ0) is 17.9. The predicted molar refractivity (Wildman–Crippen MR) is 97.0 cm³/mol. The second-order valence-corrected chi connectivity index (χ2v) is 5.65. The molecule has 0 radical (unpaired) electrons. The summed E-state index contributed by atoms with van der Waals surface area (Å²) in [5.41, 5.74) is 4.36. The van der Waals surface area contributed by atoms with E-state index in [0.29, 0.717) is 5.69 Å². The molecule has 0 bridgehead atoms. The Morgan fingerprint density at radius 2 is 1.73 bits per heavy atom. The molecule has 0 aliphatic heterocycles. The molecule has 6 nitrogen and oxygen atoms in total. The largest absolute Gasteiger partial charge is 0.476 e. The number of carbonyl (C=O) groups is 1. The number of rotatable bonds is 4. The number of aromatic carboxylic acids is 1. The van der Waals surface area contributed by atoms with Crippen LogP contribution in [0.4, 0.5) is 0 Å². The summed E-state index contributed by atoms with van der Waals surface area (Å²) in [7, 11) is 0. The summed E-state index contributed by atoms with van der Waals surface area (Å²) in [6.45, 7) is 0. The quantitative estimate of drug-likeness (QED) is 0.612. The van der Waals surface area contributed by atoms with Gasteiger partial charge in [-0.1, -0.05) is 47.7 Å². The summed E-state index contributed by atoms with van der Waals surface area (Å²) in [6.07, 6.45) is 2.96. The number of pyridine rings is 1. The Labute approximate surface area is 149 Å². The summed E-state index contributed by atoms with van der Waals surface area (Å²) in [5, 5.41) is 17.0. The van der Waals surface area contributed by atoms with Crippen LogP contribution in [0.15, 0.2) is 79.1 Å². The summed E-state index contributed by atoms with van der Waals surface area (Å²) in [6, 6.07) is 21.3. The number of benzene rings is 2. The van der Waals surface area contributed by atoms with Crippen molar-refractivity contribution in [3.8, 4) is 28.1 Å². The van der Waals surface area contributed by atoms with Crippen LogP contribution in [0, 0.1) is 0 Å². The van der Waals surface area contributed by atoms with Gasteiger partial charge in [0.15, 0.2) is 5.69 Å². The number of hydrogen-bond donors (Lipinski definition) is 1. The molecule has 6 heteroatoms. The van der Waals surface area contributed by atoms with E-state index in [2.05, 4.69) is 15.3 Å². The Kier molecular flexibility index (Phi) is 3.99. The zero-order valence-electron chi connectivity index (χ0n) is 13.6. The summed E-state index contributed by atoms with van der Waals surface area (Å²) >= 11 is 0. The molecule has 2 aromatic carbocycles. The van der Waals surface area contributed by atoms with Crippen LogP contribution < -0.4 is 0 Å². The second kappa shape index (κ2) is 6.60. The van der Waals surface area contributed by atoms with Crippen LogP contribution in [0.1, 0.15) is 10.5 Å². The van der Waals surface area contributed by atoms with Gasteiger partial charge in [-0.2, -0.15) is 0 Å². The van der Waals surface area contributed by atoms with Crippen LogP contribution in [0.3, 0.4) is 0 Å². The molecule has 0 atom stereocenters.